The van der Waals surface area contributed by atoms with Crippen molar-refractivity contribution in [3.05, 3.63) is 59.3 Å². The third kappa shape index (κ3) is 3.74. The van der Waals surface area contributed by atoms with Crippen molar-refractivity contribution in [3.8, 4) is 0 Å². The summed E-state index contributed by atoms with van der Waals surface area (Å²) in [6.07, 6.45) is 5.15. The van der Waals surface area contributed by atoms with E-state index in [0.717, 1.165) is 29.3 Å². The summed E-state index contributed by atoms with van der Waals surface area (Å²) in [5.41, 5.74) is 0.0111. The van der Waals surface area contributed by atoms with Gasteiger partial charge in [0.05, 0.1) is 0 Å². The second-order valence-electron chi connectivity index (χ2n) is 7.49. The summed E-state index contributed by atoms with van der Waals surface area (Å²) in [6.45, 7) is 1.93. The molecule has 1 N–H and O–H groups in total. The Hall–Kier alpha value is -1.72. The van der Waals surface area contributed by atoms with Crippen molar-refractivity contribution >= 4 is 44.2 Å². The summed E-state index contributed by atoms with van der Waals surface area (Å²) in [6, 6.07) is 6.91. The molecule has 2 radical (unpaired) electrons. The molecule has 8 heteroatoms. The number of nitrogens with zero attached hydrogens (tertiary/aromatic N) is 2. The summed E-state index contributed by atoms with van der Waals surface area (Å²) in [7, 11) is 0. The van der Waals surface area contributed by atoms with Crippen LogP contribution in [-0.2, 0) is 5.54 Å². The third-order valence-corrected chi connectivity index (χ3v) is 7.40. The molecule has 144 valence electrons. The van der Waals surface area contributed by atoms with E-state index in [-0.39, 0.29) is 16.4 Å². The molecule has 2 aliphatic rings. The van der Waals surface area contributed by atoms with E-state index in [4.69, 9.17) is 4.99 Å². The second kappa shape index (κ2) is 7.27. The Balaban J connectivity index is 1.64. The first kappa shape index (κ1) is 19.6. The topological polar surface area (TPSA) is 54.4 Å². The van der Waals surface area contributed by atoms with Crippen molar-refractivity contribution in [2.75, 3.05) is 5.32 Å². The van der Waals surface area contributed by atoms with Gasteiger partial charge in [0.1, 0.15) is 0 Å². The molecule has 1 amide bonds. The van der Waals surface area contributed by atoms with Crippen LogP contribution < -0.4 is 5.32 Å². The first-order chi connectivity index (χ1) is 13.3. The molecule has 1 atom stereocenters. The van der Waals surface area contributed by atoms with Crippen molar-refractivity contribution in [2.45, 2.75) is 42.9 Å². The molecule has 1 fully saturated rings. The fourth-order valence-electron chi connectivity index (χ4n) is 3.85. The molecule has 0 saturated heterocycles. The zero-order valence-electron chi connectivity index (χ0n) is 15.2. The minimum absolute atomic E-state index is 0.113. The zero-order chi connectivity index (χ0) is 19.9. The van der Waals surface area contributed by atoms with E-state index in [0.29, 0.717) is 11.1 Å². The van der Waals surface area contributed by atoms with E-state index in [1.165, 1.54) is 30.7 Å². The van der Waals surface area contributed by atoms with Gasteiger partial charge in [0.15, 0.2) is 0 Å². The van der Waals surface area contributed by atoms with Gasteiger partial charge in [-0.3, -0.25) is 0 Å². The summed E-state index contributed by atoms with van der Waals surface area (Å²) in [4.78, 5) is 21.2. The number of anilines is 1. The molecule has 2 heterocycles. The molecule has 1 aromatic carbocycles. The number of carbonyl (C=O) groups excluding carboxylic acids is 1. The SMILES string of the molecule is CC1(c2cc(C(=O)Nc3ccc(F)cn3)ccc2F)CC2(CCC2)SC([As])=N1. The Morgan fingerprint density at radius 2 is 2.04 bits per heavy atom. The molecule has 1 spiro atoms. The van der Waals surface area contributed by atoms with E-state index < -0.39 is 17.3 Å². The quantitative estimate of drug-likeness (QED) is 0.690. The zero-order valence-corrected chi connectivity index (χ0v) is 17.9. The minimum atomic E-state index is -0.720. The summed E-state index contributed by atoms with van der Waals surface area (Å²) < 4.78 is 28.8. The van der Waals surface area contributed by atoms with Gasteiger partial charge in [-0.15, -0.1) is 0 Å². The van der Waals surface area contributed by atoms with Crippen LogP contribution in [0.5, 0.6) is 0 Å². The fourth-order valence-corrected chi connectivity index (χ4v) is 7.02. The maximum absolute atomic E-state index is 14.8. The average Bonchev–Trinajstić information content (AvgIpc) is 2.62. The number of benzene rings is 1. The van der Waals surface area contributed by atoms with Crippen LogP contribution in [0.15, 0.2) is 41.5 Å². The van der Waals surface area contributed by atoms with E-state index in [9.17, 15) is 13.6 Å². The monoisotopic (exact) mass is 461 g/mol. The normalized spacial score (nSPS) is 23.1. The first-order valence-corrected chi connectivity index (χ1v) is 10.7. The number of halogens is 2. The van der Waals surface area contributed by atoms with Gasteiger partial charge >= 0.3 is 171 Å². The van der Waals surface area contributed by atoms with Gasteiger partial charge in [-0.05, 0) is 0 Å². The number of nitrogens with one attached hydrogen (secondary N) is 1. The Labute approximate surface area is 175 Å². The number of hydrogen-bond donors (Lipinski definition) is 1. The van der Waals surface area contributed by atoms with Crippen molar-refractivity contribution < 1.29 is 13.6 Å². The summed E-state index contributed by atoms with van der Waals surface area (Å²) >= 11 is 4.25. The van der Waals surface area contributed by atoms with E-state index in [1.807, 2.05) is 6.92 Å². The fraction of sp³-hybridized carbons (Fsp3) is 0.350. The van der Waals surface area contributed by atoms with Crippen LogP contribution in [0, 0.1) is 11.6 Å². The van der Waals surface area contributed by atoms with Crippen LogP contribution in [0.3, 0.4) is 0 Å². The van der Waals surface area contributed by atoms with Crippen molar-refractivity contribution in [1.29, 1.82) is 0 Å². The second-order valence-corrected chi connectivity index (χ2v) is 10.5. The van der Waals surface area contributed by atoms with Gasteiger partial charge in [0, 0.05) is 0 Å². The van der Waals surface area contributed by atoms with Crippen LogP contribution in [0.2, 0.25) is 0 Å². The molecule has 1 aliphatic carbocycles. The van der Waals surface area contributed by atoms with Gasteiger partial charge in [0.2, 0.25) is 0 Å². The Kier molecular flexibility index (Phi) is 5.08. The first-order valence-electron chi connectivity index (χ1n) is 8.99. The molecule has 0 bridgehead atoms. The van der Waals surface area contributed by atoms with Crippen LogP contribution in [0.1, 0.15) is 48.5 Å². The summed E-state index contributed by atoms with van der Waals surface area (Å²) in [5.74, 6) is -1.05. The molecular weight excluding hydrogens is 443 g/mol. The number of carbonyl (C=O) groups is 1. The van der Waals surface area contributed by atoms with Crippen LogP contribution >= 0.6 is 11.8 Å². The third-order valence-electron chi connectivity index (χ3n) is 5.36. The van der Waals surface area contributed by atoms with Crippen molar-refractivity contribution in [2.24, 2.45) is 4.99 Å². The molecule has 1 aromatic heterocycles. The van der Waals surface area contributed by atoms with Crippen molar-refractivity contribution in [3.63, 3.8) is 0 Å². The van der Waals surface area contributed by atoms with Gasteiger partial charge in [0.25, 0.3) is 0 Å². The molecule has 4 rings (SSSR count). The molecule has 1 saturated carbocycles. The number of amides is 1. The molecule has 2 aromatic rings. The van der Waals surface area contributed by atoms with Gasteiger partial charge in [-0.2, -0.15) is 0 Å². The van der Waals surface area contributed by atoms with Crippen LogP contribution in [0.25, 0.3) is 0 Å². The number of hydrogen-bond acceptors (Lipinski definition) is 4. The van der Waals surface area contributed by atoms with Gasteiger partial charge < -0.3 is 0 Å². The Morgan fingerprint density at radius 3 is 2.68 bits per heavy atom. The van der Waals surface area contributed by atoms with E-state index in [1.54, 1.807) is 17.8 Å². The summed E-state index contributed by atoms with van der Waals surface area (Å²) in [5, 5.41) is 2.61. The van der Waals surface area contributed by atoms with Gasteiger partial charge in [-0.1, -0.05) is 0 Å². The van der Waals surface area contributed by atoms with Crippen LogP contribution in [0.4, 0.5) is 14.6 Å². The number of pyridine rings is 1. The molecule has 1 aliphatic heterocycles. The Morgan fingerprint density at radius 1 is 1.25 bits per heavy atom. The average molecular weight is 461 g/mol. The number of aliphatic imine (C=N–C) groups is 1. The van der Waals surface area contributed by atoms with Crippen LogP contribution in [-0.4, -0.2) is 36.3 Å². The predicted octanol–water partition coefficient (Wildman–Crippen LogP) is 4.41. The predicted molar refractivity (Wildman–Crippen MR) is 108 cm³/mol. The number of aromatic nitrogens is 1. The van der Waals surface area contributed by atoms with Gasteiger partial charge in [-0.25, -0.2) is 4.39 Å². The Bertz CT molecular complexity index is 962. The van der Waals surface area contributed by atoms with Crippen molar-refractivity contribution in [1.82, 2.24) is 4.98 Å². The maximum atomic E-state index is 14.8. The van der Waals surface area contributed by atoms with E-state index in [2.05, 4.69) is 27.2 Å². The number of thioether (sulfide) groups is 1. The molecule has 1 unspecified atom stereocenters. The number of rotatable bonds is 3. The molecule has 28 heavy (non-hydrogen) atoms. The molecular formula is C20H18AsF2N3OS. The molecule has 4 nitrogen and oxygen atoms in total. The van der Waals surface area contributed by atoms with E-state index >= 15 is 0 Å². The standard InChI is InChI=1S/C20H18AsF2N3OS/c1-19(11-20(7-2-8-20)28-18(21)26-19)14-9-12(3-5-15(14)23)17(27)25-16-6-4-13(22)10-24-16/h3-6,9-10H,2,7-8,11H2,1H3,(H,24,25,27).